The van der Waals surface area contributed by atoms with E-state index in [9.17, 15) is 9.90 Å². The van der Waals surface area contributed by atoms with Crippen LogP contribution in [0.15, 0.2) is 84.0 Å². The van der Waals surface area contributed by atoms with E-state index in [0.717, 1.165) is 86.0 Å². The highest BCUT2D eigenvalue weighted by atomic mass is 35.5. The predicted molar refractivity (Wildman–Crippen MR) is 191 cm³/mol. The lowest BCUT2D eigenvalue weighted by molar-refractivity contribution is -0.219. The number of H-pyrrole nitrogens is 1. The number of fused-ring (bicyclic) bond motifs is 2. The molecule has 6 rings (SSSR count). The van der Waals surface area contributed by atoms with Crippen LogP contribution in [0.3, 0.4) is 0 Å². The van der Waals surface area contributed by atoms with Crippen molar-refractivity contribution >= 4 is 40.0 Å². The predicted octanol–water partition coefficient (Wildman–Crippen LogP) is 6.34. The molecule has 3 aromatic carbocycles. The lowest BCUT2D eigenvalue weighted by Gasteiger charge is -2.37. The zero-order chi connectivity index (χ0) is 32.8. The first-order valence-corrected chi connectivity index (χ1v) is 17.5. The quantitative estimate of drug-likeness (QED) is 0.143. The molecule has 47 heavy (non-hydrogen) atoms. The topological polar surface area (TPSA) is 78.0 Å². The van der Waals surface area contributed by atoms with E-state index in [1.807, 2.05) is 47.5 Å². The van der Waals surface area contributed by atoms with Crippen LogP contribution in [0.4, 0.5) is 5.69 Å². The van der Waals surface area contributed by atoms with Crippen molar-refractivity contribution < 1.29 is 9.90 Å². The second-order valence-corrected chi connectivity index (χ2v) is 14.2. The van der Waals surface area contributed by atoms with Crippen LogP contribution in [0.2, 0.25) is 5.02 Å². The van der Waals surface area contributed by atoms with Crippen LogP contribution >= 0.6 is 11.6 Å². The van der Waals surface area contributed by atoms with Crippen molar-refractivity contribution in [3.8, 4) is 0 Å². The number of para-hydroxylation sites is 1. The van der Waals surface area contributed by atoms with Crippen molar-refractivity contribution in [1.29, 1.82) is 0 Å². The second kappa shape index (κ2) is 15.5. The molecule has 248 valence electrons. The number of aromatic nitrogens is 1. The number of carbonyl (C=O) groups is 1. The van der Waals surface area contributed by atoms with Crippen molar-refractivity contribution in [2.45, 2.75) is 57.5 Å². The van der Waals surface area contributed by atoms with Gasteiger partial charge in [0, 0.05) is 47.3 Å². The molecule has 1 aromatic heterocycles. The number of carbonyl (C=O) groups excluding carboxylic acids is 1. The maximum atomic E-state index is 14.5. The zero-order valence-corrected chi connectivity index (χ0v) is 28.5. The summed E-state index contributed by atoms with van der Waals surface area (Å²) >= 11 is 6.42. The third kappa shape index (κ3) is 8.64. The van der Waals surface area contributed by atoms with Gasteiger partial charge in [-0.3, -0.25) is 14.7 Å². The lowest BCUT2D eigenvalue weighted by atomic mass is 9.89. The molecule has 1 fully saturated rings. The highest BCUT2D eigenvalue weighted by Crippen LogP contribution is 2.34. The fourth-order valence-electron chi connectivity index (χ4n) is 7.27. The molecule has 3 heterocycles. The van der Waals surface area contributed by atoms with E-state index in [1.54, 1.807) is 0 Å². The summed E-state index contributed by atoms with van der Waals surface area (Å²) < 4.78 is 0. The summed E-state index contributed by atoms with van der Waals surface area (Å²) in [4.78, 5) is 29.1. The van der Waals surface area contributed by atoms with Crippen molar-refractivity contribution in [2.75, 3.05) is 45.2 Å². The van der Waals surface area contributed by atoms with Gasteiger partial charge < -0.3 is 19.9 Å². The largest absolute Gasteiger partial charge is 0.862 e. The monoisotopic (exact) mass is 652 g/mol. The summed E-state index contributed by atoms with van der Waals surface area (Å²) in [7, 11) is 4.15. The zero-order valence-electron chi connectivity index (χ0n) is 27.7. The standard InChI is InChI=1S/C39H48ClN5O2/c1-43(2)19-16-30-22-31-23-33(40)13-14-37(31)45(27-30)39(47)36(24-32-25-41-35-11-7-6-10-34(32)35)42-38(46)15-12-28-17-20-44(21-18-28)26-29-8-4-3-5-9-29/h3-11,13-14,23,25,28,30,36,41H,12,15-22,24,26-27H2,1-2H3,(H,42,46)/p-1. The number of nitrogens with zero attached hydrogens (tertiary/aromatic N) is 4. The Labute approximate surface area is 284 Å². The van der Waals surface area contributed by atoms with Gasteiger partial charge in [-0.25, -0.2) is 0 Å². The molecule has 2 aliphatic rings. The first kappa shape index (κ1) is 33.3. The molecule has 4 aromatic rings. The number of rotatable bonds is 12. The minimum absolute atomic E-state index is 0.115. The smallest absolute Gasteiger partial charge is 0.252 e. The Morgan fingerprint density at radius 3 is 2.57 bits per heavy atom. The van der Waals surface area contributed by atoms with Gasteiger partial charge in [-0.15, -0.1) is 0 Å². The Bertz CT molecular complexity index is 1660. The number of hydrogen-bond acceptors (Lipinski definition) is 5. The minimum Gasteiger partial charge on any atom is -0.862 e. The molecule has 1 N–H and O–H groups in total. The average Bonchev–Trinajstić information content (AvgIpc) is 3.49. The van der Waals surface area contributed by atoms with Gasteiger partial charge in [-0.1, -0.05) is 60.1 Å². The Balaban J connectivity index is 1.18. The Hall–Kier alpha value is -3.65. The van der Waals surface area contributed by atoms with Crippen LogP contribution in [0.5, 0.6) is 0 Å². The highest BCUT2D eigenvalue weighted by Gasteiger charge is 2.33. The van der Waals surface area contributed by atoms with Crippen LogP contribution in [0, 0.1) is 11.8 Å². The molecular weight excluding hydrogens is 606 g/mol. The van der Waals surface area contributed by atoms with Crippen LogP contribution < -0.4 is 10.0 Å². The summed E-state index contributed by atoms with van der Waals surface area (Å²) in [5, 5.41) is 15.3. The van der Waals surface area contributed by atoms with Gasteiger partial charge in [0.05, 0.1) is 0 Å². The third-order valence-electron chi connectivity index (χ3n) is 9.93. The molecule has 7 nitrogen and oxygen atoms in total. The van der Waals surface area contributed by atoms with Crippen molar-refractivity contribution in [3.63, 3.8) is 0 Å². The molecule has 0 aliphatic carbocycles. The third-order valence-corrected chi connectivity index (χ3v) is 10.2. The first-order chi connectivity index (χ1) is 22.8. The summed E-state index contributed by atoms with van der Waals surface area (Å²) in [5.41, 5.74) is 5.32. The molecule has 2 aliphatic heterocycles. The fraction of sp³-hybridized carbons (Fsp3) is 0.436. The van der Waals surface area contributed by atoms with Crippen LogP contribution in [-0.4, -0.2) is 72.9 Å². The van der Waals surface area contributed by atoms with Gasteiger partial charge in [-0.05, 0) is 131 Å². The highest BCUT2D eigenvalue weighted by molar-refractivity contribution is 6.30. The molecule has 2 unspecified atom stereocenters. The minimum atomic E-state index is -0.800. The van der Waals surface area contributed by atoms with E-state index in [4.69, 9.17) is 11.6 Å². The molecule has 1 amide bonds. The molecule has 0 bridgehead atoms. The van der Waals surface area contributed by atoms with Gasteiger partial charge in [0.1, 0.15) is 6.04 Å². The number of benzene rings is 3. The molecule has 0 radical (unpaired) electrons. The molecular formula is C39H47ClN5O2-. The van der Waals surface area contributed by atoms with Crippen molar-refractivity contribution in [1.82, 2.24) is 14.8 Å². The number of hydrogen-bond donors (Lipinski definition) is 1. The van der Waals surface area contributed by atoms with E-state index in [0.29, 0.717) is 36.2 Å². The number of piperidine rings is 1. The normalized spacial score (nSPS) is 18.5. The van der Waals surface area contributed by atoms with Crippen LogP contribution in [0.1, 0.15) is 48.8 Å². The second-order valence-electron chi connectivity index (χ2n) is 13.7. The number of likely N-dealkylation sites (tertiary alicyclic amines) is 1. The van der Waals surface area contributed by atoms with Gasteiger partial charge in [0.2, 0.25) is 0 Å². The van der Waals surface area contributed by atoms with Gasteiger partial charge in [0.15, 0.2) is 0 Å². The van der Waals surface area contributed by atoms with E-state index in [-0.39, 0.29) is 11.8 Å². The average molecular weight is 653 g/mol. The maximum absolute atomic E-state index is 14.5. The molecule has 8 heteroatoms. The summed E-state index contributed by atoms with van der Waals surface area (Å²) in [5.74, 6) is 0.507. The number of halogens is 1. The van der Waals surface area contributed by atoms with Gasteiger partial charge in [0.25, 0.3) is 5.91 Å². The summed E-state index contributed by atoms with van der Waals surface area (Å²) in [6, 6.07) is 23.7. The first-order valence-electron chi connectivity index (χ1n) is 17.1. The Morgan fingerprint density at radius 2 is 1.79 bits per heavy atom. The number of nitrogens with one attached hydrogen (secondary N) is 1. The lowest BCUT2D eigenvalue weighted by Crippen LogP contribution is -2.46. The van der Waals surface area contributed by atoms with Gasteiger partial charge in [-0.2, -0.15) is 0 Å². The van der Waals surface area contributed by atoms with Crippen molar-refractivity contribution in [3.05, 3.63) is 101 Å². The van der Waals surface area contributed by atoms with Crippen LogP contribution in [-0.2, 0) is 24.2 Å². The molecule has 0 saturated carbocycles. The molecule has 0 spiro atoms. The maximum Gasteiger partial charge on any atom is 0.252 e. The summed E-state index contributed by atoms with van der Waals surface area (Å²) in [6.45, 7) is 4.60. The number of amides is 1. The number of aromatic amines is 1. The van der Waals surface area contributed by atoms with Crippen LogP contribution in [0.25, 0.3) is 10.9 Å². The Kier molecular flexibility index (Phi) is 11.0. The van der Waals surface area contributed by atoms with E-state index >= 15 is 0 Å². The molecule has 1 saturated heterocycles. The van der Waals surface area contributed by atoms with E-state index in [2.05, 4.69) is 70.3 Å². The van der Waals surface area contributed by atoms with E-state index in [1.165, 1.54) is 5.56 Å². The fourth-order valence-corrected chi connectivity index (χ4v) is 7.47. The molecule has 2 atom stereocenters. The summed E-state index contributed by atoms with van der Waals surface area (Å²) in [6.07, 6.45) is 7.52. The SMILES string of the molecule is CN(C)CCC1Cc2cc(Cl)ccc2N(C(=O)C(Cc2c[nH]c3ccccc23)N=C([O-])CCC2CCN(Cc3ccccc3)CC2)C1. The Morgan fingerprint density at radius 1 is 1.02 bits per heavy atom. The number of aliphatic imine (C=N–C) groups is 1. The van der Waals surface area contributed by atoms with Gasteiger partial charge >= 0.3 is 0 Å². The van der Waals surface area contributed by atoms with E-state index < -0.39 is 6.04 Å². The van der Waals surface area contributed by atoms with Crippen molar-refractivity contribution in [2.24, 2.45) is 16.8 Å². The number of anilines is 1.